The molecule has 0 spiro atoms. The number of carbonyl (C=O) groups is 7. The molecule has 0 bridgehead atoms. The van der Waals surface area contributed by atoms with Crippen molar-refractivity contribution < 1.29 is 33.6 Å². The monoisotopic (exact) mass is 775 g/mol. The molecule has 4 aliphatic heterocycles. The molecule has 2 aromatic carbocycles. The summed E-state index contributed by atoms with van der Waals surface area (Å²) in [6.45, 7) is 0.623. The van der Waals surface area contributed by atoms with Crippen LogP contribution in [0.15, 0.2) is 66.9 Å². The summed E-state index contributed by atoms with van der Waals surface area (Å²) >= 11 is 0. The van der Waals surface area contributed by atoms with Crippen molar-refractivity contribution >= 4 is 69.0 Å². The summed E-state index contributed by atoms with van der Waals surface area (Å²) in [5.41, 5.74) is 1.66. The van der Waals surface area contributed by atoms with E-state index in [2.05, 4.69) is 26.6 Å². The molecule has 286 valence electrons. The van der Waals surface area contributed by atoms with Crippen LogP contribution in [0.5, 0.6) is 0 Å². The van der Waals surface area contributed by atoms with Crippen molar-refractivity contribution in [2.75, 3.05) is 24.6 Å². The van der Waals surface area contributed by atoms with E-state index >= 15 is 0 Å². The SMILES string of the molecule is O=C1CC[C@@H](C(=O)N[C@H]2CSSC[C@@H](C(=O)N/C=C/c3ccccc3)NC(=O)[C@H](Cc3ccccc3)NC(=O)[C@@H]3CCCN3C(=O)[C@@H]3CCCN3C2=O)N1. The molecule has 2 aromatic rings. The van der Waals surface area contributed by atoms with Crippen LogP contribution in [-0.4, -0.2) is 112 Å². The first kappa shape index (κ1) is 38.9. The smallest absolute Gasteiger partial charge is 0.247 e. The van der Waals surface area contributed by atoms with E-state index in [9.17, 15) is 33.6 Å². The fourth-order valence-corrected chi connectivity index (χ4v) is 9.46. The van der Waals surface area contributed by atoms with Gasteiger partial charge in [-0.3, -0.25) is 33.6 Å². The molecule has 5 N–H and O–H groups in total. The van der Waals surface area contributed by atoms with Crippen molar-refractivity contribution in [3.63, 3.8) is 0 Å². The third-order valence-electron chi connectivity index (χ3n) is 9.99. The Morgan fingerprint density at radius 3 is 2.09 bits per heavy atom. The van der Waals surface area contributed by atoms with E-state index in [1.54, 1.807) is 6.08 Å². The maximum Gasteiger partial charge on any atom is 0.247 e. The minimum Gasteiger partial charge on any atom is -0.344 e. The number of fused-ring (bicyclic) bond motifs is 2. The van der Waals surface area contributed by atoms with Gasteiger partial charge in [0.15, 0.2) is 0 Å². The van der Waals surface area contributed by atoms with Gasteiger partial charge in [0.2, 0.25) is 41.4 Å². The van der Waals surface area contributed by atoms with Crippen LogP contribution in [0.1, 0.15) is 49.7 Å². The van der Waals surface area contributed by atoms with Crippen LogP contribution in [0.4, 0.5) is 0 Å². The van der Waals surface area contributed by atoms with E-state index in [1.165, 1.54) is 37.6 Å². The summed E-state index contributed by atoms with van der Waals surface area (Å²) in [6, 6.07) is 13.0. The van der Waals surface area contributed by atoms with Gasteiger partial charge < -0.3 is 36.4 Å². The van der Waals surface area contributed by atoms with Crippen molar-refractivity contribution in [2.24, 2.45) is 0 Å². The van der Waals surface area contributed by atoms with Crippen molar-refractivity contribution in [1.82, 2.24) is 36.4 Å². The zero-order chi connectivity index (χ0) is 38.0. The largest absolute Gasteiger partial charge is 0.344 e. The van der Waals surface area contributed by atoms with Gasteiger partial charge in [0.05, 0.1) is 0 Å². The lowest BCUT2D eigenvalue weighted by Gasteiger charge is -2.33. The van der Waals surface area contributed by atoms with Crippen LogP contribution in [0.3, 0.4) is 0 Å². The number of nitrogens with one attached hydrogen (secondary N) is 5. The molecular formula is C38H45N7O7S2. The van der Waals surface area contributed by atoms with Gasteiger partial charge in [-0.15, -0.1) is 0 Å². The molecule has 14 nitrogen and oxygen atoms in total. The molecule has 4 saturated heterocycles. The van der Waals surface area contributed by atoms with E-state index in [0.717, 1.165) is 11.1 Å². The lowest BCUT2D eigenvalue weighted by Crippen LogP contribution is -2.59. The number of rotatable bonds is 7. The van der Waals surface area contributed by atoms with E-state index in [-0.39, 0.29) is 36.2 Å². The molecule has 0 unspecified atom stereocenters. The first-order valence-electron chi connectivity index (χ1n) is 18.3. The molecule has 4 fully saturated rings. The van der Waals surface area contributed by atoms with E-state index in [1.807, 2.05) is 60.7 Å². The fourth-order valence-electron chi connectivity index (χ4n) is 7.14. The molecule has 0 aliphatic carbocycles. The van der Waals surface area contributed by atoms with E-state index in [0.29, 0.717) is 45.2 Å². The van der Waals surface area contributed by atoms with Crippen molar-refractivity contribution in [2.45, 2.75) is 81.2 Å². The summed E-state index contributed by atoms with van der Waals surface area (Å²) in [7, 11) is 2.47. The average Bonchev–Trinajstić information content (AvgIpc) is 3.97. The normalized spacial score (nSPS) is 27.1. The highest BCUT2D eigenvalue weighted by Gasteiger charge is 2.44. The van der Waals surface area contributed by atoms with Gasteiger partial charge in [0.25, 0.3) is 0 Å². The maximum absolute atomic E-state index is 14.2. The van der Waals surface area contributed by atoms with E-state index < -0.39 is 65.8 Å². The van der Waals surface area contributed by atoms with E-state index in [4.69, 9.17) is 0 Å². The zero-order valence-corrected chi connectivity index (χ0v) is 31.4. The number of amides is 7. The van der Waals surface area contributed by atoms with Crippen LogP contribution in [0.2, 0.25) is 0 Å². The lowest BCUT2D eigenvalue weighted by atomic mass is 10.0. The third kappa shape index (κ3) is 9.82. The summed E-state index contributed by atoms with van der Waals surface area (Å²) < 4.78 is 0. The Morgan fingerprint density at radius 1 is 0.722 bits per heavy atom. The zero-order valence-electron chi connectivity index (χ0n) is 29.7. The van der Waals surface area contributed by atoms with Crippen LogP contribution in [0, 0.1) is 0 Å². The average molecular weight is 776 g/mol. The quantitative estimate of drug-likeness (QED) is 0.257. The molecule has 0 saturated carbocycles. The number of benzene rings is 2. The van der Waals surface area contributed by atoms with Gasteiger partial charge in [0.1, 0.15) is 36.3 Å². The number of hydrogen-bond acceptors (Lipinski definition) is 9. The van der Waals surface area contributed by atoms with Gasteiger partial charge in [-0.1, -0.05) is 82.3 Å². The van der Waals surface area contributed by atoms with Crippen molar-refractivity contribution in [1.29, 1.82) is 0 Å². The number of hydrogen-bond donors (Lipinski definition) is 5. The van der Waals surface area contributed by atoms with Crippen LogP contribution in [-0.2, 0) is 40.0 Å². The van der Waals surface area contributed by atoms with Gasteiger partial charge in [-0.2, -0.15) is 0 Å². The highest BCUT2D eigenvalue weighted by atomic mass is 33.1. The Morgan fingerprint density at radius 2 is 1.39 bits per heavy atom. The predicted molar refractivity (Wildman–Crippen MR) is 205 cm³/mol. The number of carbonyl (C=O) groups excluding carboxylic acids is 7. The molecule has 4 heterocycles. The minimum atomic E-state index is -1.05. The third-order valence-corrected chi connectivity index (χ3v) is 12.4. The Bertz CT molecular complexity index is 1750. The van der Waals surface area contributed by atoms with Crippen LogP contribution >= 0.6 is 21.6 Å². The highest BCUT2D eigenvalue weighted by Crippen LogP contribution is 2.28. The molecular weight excluding hydrogens is 731 g/mol. The second-order valence-corrected chi connectivity index (χ2v) is 16.3. The van der Waals surface area contributed by atoms with Crippen molar-refractivity contribution in [3.8, 4) is 0 Å². The van der Waals surface area contributed by atoms with Gasteiger partial charge in [-0.05, 0) is 49.3 Å². The Hall–Kier alpha value is -4.83. The molecule has 6 rings (SSSR count). The van der Waals surface area contributed by atoms with Gasteiger partial charge in [0, 0.05) is 43.6 Å². The van der Waals surface area contributed by atoms with Crippen molar-refractivity contribution in [3.05, 3.63) is 78.0 Å². The summed E-state index contributed by atoms with van der Waals surface area (Å²) in [4.78, 5) is 98.0. The Kier molecular flexibility index (Phi) is 13.3. The minimum absolute atomic E-state index is 0.0855. The molecule has 6 atom stereocenters. The maximum atomic E-state index is 14.2. The van der Waals surface area contributed by atoms with Gasteiger partial charge >= 0.3 is 0 Å². The lowest BCUT2D eigenvalue weighted by molar-refractivity contribution is -0.148. The molecule has 0 aromatic heterocycles. The van der Waals surface area contributed by atoms with Gasteiger partial charge in [-0.25, -0.2) is 0 Å². The molecule has 7 amide bonds. The topological polar surface area (TPSA) is 186 Å². The summed E-state index contributed by atoms with van der Waals surface area (Å²) in [5, 5.41) is 13.9. The molecule has 4 aliphatic rings. The summed E-state index contributed by atoms with van der Waals surface area (Å²) in [6.07, 6.45) is 5.81. The van der Waals surface area contributed by atoms with Crippen LogP contribution in [0.25, 0.3) is 6.08 Å². The highest BCUT2D eigenvalue weighted by molar-refractivity contribution is 8.76. The molecule has 0 radical (unpaired) electrons. The second kappa shape index (κ2) is 18.5. The van der Waals surface area contributed by atoms with Crippen LogP contribution < -0.4 is 26.6 Å². The number of nitrogens with zero attached hydrogens (tertiary/aromatic N) is 2. The summed E-state index contributed by atoms with van der Waals surface area (Å²) in [5.74, 6) is -2.88. The molecule has 16 heteroatoms. The standard InChI is InChI=1S/C38H45N7O7S2/c46-32-16-15-26(40-32)34(48)43-29-23-54-53-22-28(33(47)39-18-17-24-9-3-1-4-10-24)42-35(49)27(21-25-11-5-2-6-12-25)41-36(50)30-13-7-19-44(30)38(52)31-14-8-20-45(31)37(29)51/h1-6,9-12,17-18,26-31H,7-8,13-16,19-23H2,(H,39,47)(H,40,46)(H,41,50)(H,42,49)(H,43,48)/b18-17+/t26-,27-,28-,29-,30-,31-/m0/s1. The molecule has 54 heavy (non-hydrogen) atoms. The first-order chi connectivity index (χ1) is 26.2. The Balaban J connectivity index is 1.27. The predicted octanol–water partition coefficient (Wildman–Crippen LogP) is 1.13. The second-order valence-electron chi connectivity index (χ2n) is 13.7. The Labute approximate surface area is 321 Å². The fraction of sp³-hybridized carbons (Fsp3) is 0.447. The first-order valence-corrected chi connectivity index (χ1v) is 20.8.